The van der Waals surface area contributed by atoms with Gasteiger partial charge in [0.05, 0.1) is 0 Å². The van der Waals surface area contributed by atoms with Crippen LogP contribution in [0.15, 0.2) is 18.3 Å². The Morgan fingerprint density at radius 2 is 2.25 bits per heavy atom. The molecule has 0 fully saturated rings. The van der Waals surface area contributed by atoms with Crippen LogP contribution in [-0.4, -0.2) is 20.0 Å². The van der Waals surface area contributed by atoms with Crippen LogP contribution in [0.2, 0.25) is 0 Å². The topological polar surface area (TPSA) is 43.1 Å². The van der Waals surface area contributed by atoms with Gasteiger partial charge < -0.3 is 0 Å². The lowest BCUT2D eigenvalue weighted by atomic mass is 10.1. The number of rotatable bonds is 1. The van der Waals surface area contributed by atoms with E-state index in [0.29, 0.717) is 5.92 Å². The second-order valence-electron chi connectivity index (χ2n) is 3.07. The van der Waals surface area contributed by atoms with Gasteiger partial charge in [-0.2, -0.15) is 0 Å². The smallest absolute Gasteiger partial charge is 0.182 e. The minimum atomic E-state index is 0.458. The molecule has 0 aliphatic rings. The van der Waals surface area contributed by atoms with Crippen molar-refractivity contribution in [2.45, 2.75) is 19.8 Å². The van der Waals surface area contributed by atoms with Gasteiger partial charge in [-0.05, 0) is 22.4 Å². The summed E-state index contributed by atoms with van der Waals surface area (Å²) in [5.41, 5.74) is 2.04. The van der Waals surface area contributed by atoms with Gasteiger partial charge in [0.1, 0.15) is 0 Å². The predicted octanol–water partition coefficient (Wildman–Crippen LogP) is 1.25. The van der Waals surface area contributed by atoms with Gasteiger partial charge in [-0.25, -0.2) is 4.52 Å². The molecule has 0 unspecified atom stereocenters. The first-order valence-electron chi connectivity index (χ1n) is 3.95. The third-order valence-corrected chi connectivity index (χ3v) is 1.88. The largest absolute Gasteiger partial charge is 0.200 e. The number of fused-ring (bicyclic) bond motifs is 1. The van der Waals surface area contributed by atoms with Gasteiger partial charge in [0.25, 0.3) is 0 Å². The highest BCUT2D eigenvalue weighted by Gasteiger charge is 2.06. The van der Waals surface area contributed by atoms with Crippen molar-refractivity contribution in [2.24, 2.45) is 0 Å². The molecule has 4 heteroatoms. The molecule has 2 heterocycles. The molecule has 0 aliphatic heterocycles. The monoisotopic (exact) mass is 162 g/mol. The highest BCUT2D eigenvalue weighted by atomic mass is 15.5. The molecule has 0 N–H and O–H groups in total. The lowest BCUT2D eigenvalue weighted by Crippen LogP contribution is -1.94. The number of tetrazole rings is 1. The fourth-order valence-corrected chi connectivity index (χ4v) is 1.24. The summed E-state index contributed by atoms with van der Waals surface area (Å²) in [5.74, 6) is 0.458. The second kappa shape index (κ2) is 2.55. The van der Waals surface area contributed by atoms with Crippen LogP contribution in [0.1, 0.15) is 25.3 Å². The maximum Gasteiger partial charge on any atom is 0.182 e. The van der Waals surface area contributed by atoms with Crippen LogP contribution in [0.25, 0.3) is 5.65 Å². The molecule has 12 heavy (non-hydrogen) atoms. The molecule has 0 saturated heterocycles. The van der Waals surface area contributed by atoms with Gasteiger partial charge in [-0.15, -0.1) is 5.10 Å². The van der Waals surface area contributed by atoms with E-state index in [2.05, 4.69) is 35.4 Å². The fraction of sp³-hybridized carbons (Fsp3) is 0.375. The Morgan fingerprint density at radius 1 is 1.42 bits per heavy atom. The molecule has 0 atom stereocenters. The molecule has 0 radical (unpaired) electrons. The van der Waals surface area contributed by atoms with Crippen LogP contribution in [0, 0.1) is 0 Å². The van der Waals surface area contributed by atoms with Gasteiger partial charge in [0.2, 0.25) is 0 Å². The van der Waals surface area contributed by atoms with Crippen LogP contribution in [0.4, 0.5) is 0 Å². The standard InChI is InChI=1S/C8H10N4/c1-6(2)7-4-3-5-12-8(7)9-10-11-12/h3-6H,1-2H3. The maximum absolute atomic E-state index is 3.94. The predicted molar refractivity (Wildman–Crippen MR) is 44.9 cm³/mol. The fourth-order valence-electron chi connectivity index (χ4n) is 1.24. The van der Waals surface area contributed by atoms with Crippen molar-refractivity contribution in [3.05, 3.63) is 23.9 Å². The van der Waals surface area contributed by atoms with Crippen molar-refractivity contribution in [3.8, 4) is 0 Å². The van der Waals surface area contributed by atoms with E-state index in [1.807, 2.05) is 12.3 Å². The first kappa shape index (κ1) is 7.21. The van der Waals surface area contributed by atoms with E-state index in [0.717, 1.165) is 5.65 Å². The Bertz CT molecular complexity index is 391. The zero-order valence-electron chi connectivity index (χ0n) is 7.10. The molecule has 62 valence electrons. The normalized spacial score (nSPS) is 11.2. The average molecular weight is 162 g/mol. The van der Waals surface area contributed by atoms with Crippen LogP contribution in [-0.2, 0) is 0 Å². The second-order valence-corrected chi connectivity index (χ2v) is 3.07. The molecular weight excluding hydrogens is 152 g/mol. The van der Waals surface area contributed by atoms with E-state index in [1.165, 1.54) is 5.56 Å². The van der Waals surface area contributed by atoms with E-state index in [9.17, 15) is 0 Å². The summed E-state index contributed by atoms with van der Waals surface area (Å²) >= 11 is 0. The van der Waals surface area contributed by atoms with Gasteiger partial charge >= 0.3 is 0 Å². The Morgan fingerprint density at radius 3 is 3.00 bits per heavy atom. The summed E-state index contributed by atoms with van der Waals surface area (Å²) in [6, 6.07) is 4.01. The Kier molecular flexibility index (Phi) is 1.53. The van der Waals surface area contributed by atoms with E-state index < -0.39 is 0 Å². The van der Waals surface area contributed by atoms with Crippen LogP contribution in [0.5, 0.6) is 0 Å². The van der Waals surface area contributed by atoms with Crippen molar-refractivity contribution >= 4 is 5.65 Å². The van der Waals surface area contributed by atoms with Crippen molar-refractivity contribution in [3.63, 3.8) is 0 Å². The van der Waals surface area contributed by atoms with E-state index in [1.54, 1.807) is 4.52 Å². The number of aromatic nitrogens is 4. The Balaban J connectivity index is 2.73. The summed E-state index contributed by atoms with van der Waals surface area (Å²) in [4.78, 5) is 0. The molecule has 0 bridgehead atoms. The highest BCUT2D eigenvalue weighted by Crippen LogP contribution is 2.16. The third-order valence-electron chi connectivity index (χ3n) is 1.88. The number of nitrogens with zero attached hydrogens (tertiary/aromatic N) is 4. The third kappa shape index (κ3) is 0.958. The molecular formula is C8H10N4. The van der Waals surface area contributed by atoms with Crippen molar-refractivity contribution in [1.82, 2.24) is 20.0 Å². The quantitative estimate of drug-likeness (QED) is 0.633. The summed E-state index contributed by atoms with van der Waals surface area (Å²) in [5, 5.41) is 11.4. The molecule has 0 spiro atoms. The van der Waals surface area contributed by atoms with Crippen LogP contribution in [0.3, 0.4) is 0 Å². The SMILES string of the molecule is CC(C)c1cccn2nnnc12. The lowest BCUT2D eigenvalue weighted by Gasteiger charge is -2.03. The van der Waals surface area contributed by atoms with Gasteiger partial charge in [0.15, 0.2) is 5.65 Å². The van der Waals surface area contributed by atoms with Gasteiger partial charge in [-0.3, -0.25) is 0 Å². The van der Waals surface area contributed by atoms with Gasteiger partial charge in [0, 0.05) is 11.8 Å². The molecule has 0 aliphatic carbocycles. The molecule has 4 nitrogen and oxygen atoms in total. The summed E-state index contributed by atoms with van der Waals surface area (Å²) < 4.78 is 1.69. The minimum absolute atomic E-state index is 0.458. The van der Waals surface area contributed by atoms with Crippen LogP contribution >= 0.6 is 0 Å². The number of pyridine rings is 1. The lowest BCUT2D eigenvalue weighted by molar-refractivity contribution is 0.816. The van der Waals surface area contributed by atoms with Gasteiger partial charge in [-0.1, -0.05) is 19.9 Å². The highest BCUT2D eigenvalue weighted by molar-refractivity contribution is 5.46. The van der Waals surface area contributed by atoms with Crippen molar-refractivity contribution < 1.29 is 0 Å². The number of hydrogen-bond donors (Lipinski definition) is 0. The maximum atomic E-state index is 3.94. The summed E-state index contributed by atoms with van der Waals surface area (Å²) in [7, 11) is 0. The van der Waals surface area contributed by atoms with E-state index in [4.69, 9.17) is 0 Å². The Hall–Kier alpha value is -1.45. The minimum Gasteiger partial charge on any atom is -0.200 e. The summed E-state index contributed by atoms with van der Waals surface area (Å²) in [6.07, 6.45) is 1.85. The number of hydrogen-bond acceptors (Lipinski definition) is 3. The molecule has 2 aromatic rings. The van der Waals surface area contributed by atoms with E-state index >= 15 is 0 Å². The molecule has 0 saturated carbocycles. The van der Waals surface area contributed by atoms with Crippen molar-refractivity contribution in [1.29, 1.82) is 0 Å². The summed E-state index contributed by atoms with van der Waals surface area (Å²) in [6.45, 7) is 4.26. The van der Waals surface area contributed by atoms with E-state index in [-0.39, 0.29) is 0 Å². The van der Waals surface area contributed by atoms with Crippen LogP contribution < -0.4 is 0 Å². The first-order valence-corrected chi connectivity index (χ1v) is 3.95. The molecule has 2 aromatic heterocycles. The molecule has 0 amide bonds. The Labute approximate surface area is 70.2 Å². The first-order chi connectivity index (χ1) is 5.79. The zero-order chi connectivity index (χ0) is 8.55. The molecule has 2 rings (SSSR count). The average Bonchev–Trinajstić information content (AvgIpc) is 2.49. The molecule has 0 aromatic carbocycles. The zero-order valence-corrected chi connectivity index (χ0v) is 7.10. The van der Waals surface area contributed by atoms with Crippen molar-refractivity contribution in [2.75, 3.05) is 0 Å².